The second-order valence-corrected chi connectivity index (χ2v) is 6.71. The van der Waals surface area contributed by atoms with Crippen LogP contribution in [0, 0.1) is 6.92 Å². The Labute approximate surface area is 178 Å². The van der Waals surface area contributed by atoms with Crippen LogP contribution in [0.15, 0.2) is 40.9 Å². The van der Waals surface area contributed by atoms with E-state index >= 15 is 0 Å². The molecule has 0 aliphatic rings. The SMILES string of the molecule is Cc1oc2ccc(NC(=O)c3cccnc3C(F)(F)F)cc2c1C(=O)N[C@@H](CO)C(N)=O. The predicted molar refractivity (Wildman–Crippen MR) is 106 cm³/mol. The molecule has 0 bridgehead atoms. The van der Waals surface area contributed by atoms with Crippen molar-refractivity contribution in [2.24, 2.45) is 5.73 Å². The van der Waals surface area contributed by atoms with Crippen LogP contribution in [0.25, 0.3) is 11.0 Å². The third-order valence-electron chi connectivity index (χ3n) is 4.50. The van der Waals surface area contributed by atoms with Crippen molar-refractivity contribution in [3.8, 4) is 0 Å². The number of benzene rings is 1. The molecule has 0 radical (unpaired) electrons. The summed E-state index contributed by atoms with van der Waals surface area (Å²) in [5, 5.41) is 14.0. The van der Waals surface area contributed by atoms with Gasteiger partial charge in [-0.3, -0.25) is 19.4 Å². The molecular formula is C20H17F3N4O5. The van der Waals surface area contributed by atoms with E-state index < -0.39 is 47.8 Å². The fraction of sp³-hybridized carbons (Fsp3) is 0.200. The number of aliphatic hydroxyl groups excluding tert-OH is 1. The highest BCUT2D eigenvalue weighted by molar-refractivity contribution is 6.10. The van der Waals surface area contributed by atoms with Gasteiger partial charge in [0, 0.05) is 17.3 Å². The molecule has 3 aromatic rings. The van der Waals surface area contributed by atoms with Crippen molar-refractivity contribution in [2.45, 2.75) is 19.1 Å². The Morgan fingerprint density at radius 2 is 1.94 bits per heavy atom. The predicted octanol–water partition coefficient (Wildman–Crippen LogP) is 1.98. The molecule has 0 saturated carbocycles. The average Bonchev–Trinajstić information content (AvgIpc) is 3.06. The molecule has 9 nitrogen and oxygen atoms in total. The van der Waals surface area contributed by atoms with Crippen molar-refractivity contribution in [1.29, 1.82) is 0 Å². The van der Waals surface area contributed by atoms with Crippen molar-refractivity contribution in [3.63, 3.8) is 0 Å². The maximum absolute atomic E-state index is 13.1. The minimum atomic E-state index is -4.82. The van der Waals surface area contributed by atoms with Crippen LogP contribution in [-0.2, 0) is 11.0 Å². The number of halogens is 3. The van der Waals surface area contributed by atoms with E-state index in [4.69, 9.17) is 10.2 Å². The molecule has 32 heavy (non-hydrogen) atoms. The van der Waals surface area contributed by atoms with E-state index in [-0.39, 0.29) is 28.0 Å². The lowest BCUT2D eigenvalue weighted by Gasteiger charge is -2.13. The van der Waals surface area contributed by atoms with Crippen molar-refractivity contribution in [3.05, 3.63) is 59.1 Å². The van der Waals surface area contributed by atoms with Crippen LogP contribution in [0.2, 0.25) is 0 Å². The van der Waals surface area contributed by atoms with Crippen LogP contribution in [0.4, 0.5) is 18.9 Å². The van der Waals surface area contributed by atoms with Crippen molar-refractivity contribution < 1.29 is 37.1 Å². The van der Waals surface area contributed by atoms with Gasteiger partial charge in [0.1, 0.15) is 17.4 Å². The van der Waals surface area contributed by atoms with Crippen LogP contribution >= 0.6 is 0 Å². The highest BCUT2D eigenvalue weighted by atomic mass is 19.4. The number of anilines is 1. The minimum absolute atomic E-state index is 0.00755. The molecule has 0 aliphatic carbocycles. The molecule has 1 atom stereocenters. The molecule has 1 aromatic carbocycles. The zero-order valence-electron chi connectivity index (χ0n) is 16.5. The van der Waals surface area contributed by atoms with E-state index in [2.05, 4.69) is 15.6 Å². The number of aromatic nitrogens is 1. The molecule has 0 spiro atoms. The Balaban J connectivity index is 1.94. The lowest BCUT2D eigenvalue weighted by atomic mass is 10.1. The maximum atomic E-state index is 13.1. The van der Waals surface area contributed by atoms with Gasteiger partial charge in [0.15, 0.2) is 5.69 Å². The number of hydrogen-bond acceptors (Lipinski definition) is 6. The van der Waals surface area contributed by atoms with Gasteiger partial charge in [-0.1, -0.05) is 0 Å². The molecule has 12 heteroatoms. The summed E-state index contributed by atoms with van der Waals surface area (Å²) >= 11 is 0. The summed E-state index contributed by atoms with van der Waals surface area (Å²) in [6, 6.07) is 4.99. The van der Waals surface area contributed by atoms with E-state index in [0.29, 0.717) is 0 Å². The summed E-state index contributed by atoms with van der Waals surface area (Å²) in [7, 11) is 0. The molecule has 3 rings (SSSR count). The summed E-state index contributed by atoms with van der Waals surface area (Å²) in [6.45, 7) is 0.764. The van der Waals surface area contributed by atoms with Gasteiger partial charge in [-0.25, -0.2) is 0 Å². The summed E-state index contributed by atoms with van der Waals surface area (Å²) in [5.74, 6) is -2.59. The smallest absolute Gasteiger partial charge is 0.434 e. The molecule has 0 saturated heterocycles. The number of rotatable bonds is 6. The van der Waals surface area contributed by atoms with Crippen LogP contribution in [0.5, 0.6) is 0 Å². The van der Waals surface area contributed by atoms with Gasteiger partial charge in [-0.05, 0) is 37.3 Å². The Morgan fingerprint density at radius 1 is 1.22 bits per heavy atom. The zero-order chi connectivity index (χ0) is 23.6. The molecule has 2 heterocycles. The molecular weight excluding hydrogens is 433 g/mol. The Morgan fingerprint density at radius 3 is 2.56 bits per heavy atom. The number of nitrogens with one attached hydrogen (secondary N) is 2. The second-order valence-electron chi connectivity index (χ2n) is 6.71. The van der Waals surface area contributed by atoms with Gasteiger partial charge in [-0.15, -0.1) is 0 Å². The van der Waals surface area contributed by atoms with Crippen LogP contribution < -0.4 is 16.4 Å². The first-order valence-corrected chi connectivity index (χ1v) is 9.10. The highest BCUT2D eigenvalue weighted by Gasteiger charge is 2.37. The zero-order valence-corrected chi connectivity index (χ0v) is 16.5. The van der Waals surface area contributed by atoms with Crippen LogP contribution in [0.1, 0.15) is 32.2 Å². The quantitative estimate of drug-likeness (QED) is 0.452. The van der Waals surface area contributed by atoms with Gasteiger partial charge < -0.3 is 25.9 Å². The molecule has 3 amide bonds. The third kappa shape index (κ3) is 4.54. The molecule has 5 N–H and O–H groups in total. The van der Waals surface area contributed by atoms with Gasteiger partial charge in [-0.2, -0.15) is 13.2 Å². The first-order chi connectivity index (χ1) is 15.0. The van der Waals surface area contributed by atoms with Crippen LogP contribution in [0.3, 0.4) is 0 Å². The third-order valence-corrected chi connectivity index (χ3v) is 4.50. The van der Waals surface area contributed by atoms with E-state index in [9.17, 15) is 32.7 Å². The highest BCUT2D eigenvalue weighted by Crippen LogP contribution is 2.31. The van der Waals surface area contributed by atoms with Gasteiger partial charge in [0.2, 0.25) is 5.91 Å². The first-order valence-electron chi connectivity index (χ1n) is 9.10. The second kappa shape index (κ2) is 8.67. The monoisotopic (exact) mass is 450 g/mol. The number of fused-ring (bicyclic) bond motifs is 1. The average molecular weight is 450 g/mol. The summed E-state index contributed by atoms with van der Waals surface area (Å²) in [5.41, 5.74) is 3.45. The number of nitrogens with zero attached hydrogens (tertiary/aromatic N) is 1. The number of carbonyl (C=O) groups is 3. The summed E-state index contributed by atoms with van der Waals surface area (Å²) in [4.78, 5) is 39.6. The van der Waals surface area contributed by atoms with Gasteiger partial charge in [0.05, 0.1) is 17.7 Å². The number of furan rings is 1. The number of amides is 3. The fourth-order valence-corrected chi connectivity index (χ4v) is 3.03. The number of aryl methyl sites for hydroxylation is 1. The fourth-order valence-electron chi connectivity index (χ4n) is 3.03. The van der Waals surface area contributed by atoms with E-state index in [1.165, 1.54) is 31.2 Å². The molecule has 168 valence electrons. The molecule has 0 aliphatic heterocycles. The number of carbonyl (C=O) groups excluding carboxylic acids is 3. The van der Waals surface area contributed by atoms with Gasteiger partial charge >= 0.3 is 6.18 Å². The lowest BCUT2D eigenvalue weighted by molar-refractivity contribution is -0.141. The normalized spacial score (nSPS) is 12.4. The first kappa shape index (κ1) is 22.7. The Bertz CT molecular complexity index is 1210. The van der Waals surface area contributed by atoms with E-state index in [1.807, 2.05) is 0 Å². The maximum Gasteiger partial charge on any atom is 0.434 e. The van der Waals surface area contributed by atoms with Crippen molar-refractivity contribution in [1.82, 2.24) is 10.3 Å². The van der Waals surface area contributed by atoms with Crippen molar-refractivity contribution >= 4 is 34.4 Å². The van der Waals surface area contributed by atoms with Crippen molar-refractivity contribution in [2.75, 3.05) is 11.9 Å². The van der Waals surface area contributed by atoms with Gasteiger partial charge in [0.25, 0.3) is 11.8 Å². The number of pyridine rings is 1. The van der Waals surface area contributed by atoms with E-state index in [1.54, 1.807) is 0 Å². The standard InChI is InChI=1S/C20H17F3N4O5/c1-9-15(19(31)27-13(8-28)17(24)29)12-7-10(4-5-14(12)32-9)26-18(30)11-3-2-6-25-16(11)20(21,22)23/h2-7,13,28H,8H2,1H3,(H2,24,29)(H,26,30)(H,27,31)/t13-/m0/s1. The number of primary amides is 1. The summed E-state index contributed by atoms with van der Waals surface area (Å²) < 4.78 is 44.9. The number of hydrogen-bond donors (Lipinski definition) is 4. The van der Waals surface area contributed by atoms with E-state index in [0.717, 1.165) is 12.3 Å². The topological polar surface area (TPSA) is 148 Å². The minimum Gasteiger partial charge on any atom is -0.461 e. The molecule has 0 unspecified atom stereocenters. The Hall–Kier alpha value is -3.93. The molecule has 2 aromatic heterocycles. The number of aliphatic hydroxyl groups is 1. The number of alkyl halides is 3. The lowest BCUT2D eigenvalue weighted by Crippen LogP contribution is -2.46. The summed E-state index contributed by atoms with van der Waals surface area (Å²) in [6.07, 6.45) is -3.90. The Kier molecular flexibility index (Phi) is 6.16. The molecule has 0 fully saturated rings. The largest absolute Gasteiger partial charge is 0.461 e. The van der Waals surface area contributed by atoms with Crippen LogP contribution in [-0.4, -0.2) is 40.5 Å². The number of nitrogens with two attached hydrogens (primary N) is 1.